The van der Waals surface area contributed by atoms with Gasteiger partial charge in [-0.3, -0.25) is 4.79 Å². The average Bonchev–Trinajstić information content (AvgIpc) is 3.27. The molecule has 5 heteroatoms. The maximum absolute atomic E-state index is 13.1. The summed E-state index contributed by atoms with van der Waals surface area (Å²) in [6, 6.07) is 6.01. The smallest absolute Gasteiger partial charge is 0.233 e. The van der Waals surface area contributed by atoms with E-state index in [0.717, 1.165) is 61.2 Å². The SMILES string of the molecule is COc1ccc2[nH]cc(C3(C(=O)N4CCN(C)CC4)CC3)c2c1. The summed E-state index contributed by atoms with van der Waals surface area (Å²) in [6.45, 7) is 3.60. The molecule has 1 saturated heterocycles. The van der Waals surface area contributed by atoms with Crippen molar-refractivity contribution in [1.29, 1.82) is 0 Å². The molecule has 0 radical (unpaired) electrons. The van der Waals surface area contributed by atoms with E-state index in [-0.39, 0.29) is 5.41 Å². The van der Waals surface area contributed by atoms with E-state index in [9.17, 15) is 4.79 Å². The van der Waals surface area contributed by atoms with Gasteiger partial charge in [-0.15, -0.1) is 0 Å². The van der Waals surface area contributed by atoms with Crippen molar-refractivity contribution in [1.82, 2.24) is 14.8 Å². The summed E-state index contributed by atoms with van der Waals surface area (Å²) >= 11 is 0. The third kappa shape index (κ3) is 2.30. The number of rotatable bonds is 3. The summed E-state index contributed by atoms with van der Waals surface area (Å²) in [7, 11) is 3.79. The lowest BCUT2D eigenvalue weighted by molar-refractivity contribution is -0.135. The molecule has 1 aromatic carbocycles. The molecule has 2 fully saturated rings. The summed E-state index contributed by atoms with van der Waals surface area (Å²) in [6.07, 6.45) is 3.91. The molecule has 2 heterocycles. The number of aromatic amines is 1. The molecule has 1 amide bonds. The normalized spacial score (nSPS) is 20.7. The van der Waals surface area contributed by atoms with Gasteiger partial charge < -0.3 is 19.5 Å². The highest BCUT2D eigenvalue weighted by Gasteiger charge is 2.54. The van der Waals surface area contributed by atoms with Crippen molar-refractivity contribution in [3.05, 3.63) is 30.0 Å². The lowest BCUT2D eigenvalue weighted by Crippen LogP contribution is -2.50. The number of aromatic nitrogens is 1. The third-order valence-corrected chi connectivity index (χ3v) is 5.35. The Kier molecular flexibility index (Phi) is 3.34. The van der Waals surface area contributed by atoms with Crippen molar-refractivity contribution >= 4 is 16.8 Å². The van der Waals surface area contributed by atoms with Crippen molar-refractivity contribution in [3.63, 3.8) is 0 Å². The van der Waals surface area contributed by atoms with Gasteiger partial charge in [0.2, 0.25) is 5.91 Å². The fourth-order valence-corrected chi connectivity index (χ4v) is 3.66. The second-order valence-corrected chi connectivity index (χ2v) is 6.79. The molecule has 0 bridgehead atoms. The fraction of sp³-hybridized carbons (Fsp3) is 0.500. The van der Waals surface area contributed by atoms with Crippen LogP contribution in [0.15, 0.2) is 24.4 Å². The number of amides is 1. The van der Waals surface area contributed by atoms with Gasteiger partial charge >= 0.3 is 0 Å². The molecule has 2 aromatic rings. The Morgan fingerprint density at radius 2 is 1.96 bits per heavy atom. The first-order valence-electron chi connectivity index (χ1n) is 8.27. The molecule has 0 spiro atoms. The summed E-state index contributed by atoms with van der Waals surface area (Å²) in [5.74, 6) is 1.13. The minimum absolute atomic E-state index is 0.300. The van der Waals surface area contributed by atoms with Crippen LogP contribution in [0, 0.1) is 0 Å². The van der Waals surface area contributed by atoms with Crippen LogP contribution in [-0.4, -0.2) is 61.0 Å². The number of hydrogen-bond donors (Lipinski definition) is 1. The monoisotopic (exact) mass is 313 g/mol. The highest BCUT2D eigenvalue weighted by atomic mass is 16.5. The summed E-state index contributed by atoms with van der Waals surface area (Å²) in [5.41, 5.74) is 1.88. The number of carbonyl (C=O) groups excluding carboxylic acids is 1. The standard InChI is InChI=1S/C18H23N3O2/c1-20-7-9-21(10-8-20)17(22)18(5-6-18)15-12-19-16-4-3-13(23-2)11-14(15)16/h3-4,11-12,19H,5-10H2,1-2H3. The van der Waals surface area contributed by atoms with Crippen molar-refractivity contribution in [3.8, 4) is 5.75 Å². The van der Waals surface area contributed by atoms with Crippen LogP contribution in [-0.2, 0) is 10.2 Å². The Morgan fingerprint density at radius 1 is 1.22 bits per heavy atom. The van der Waals surface area contributed by atoms with Crippen LogP contribution in [0.1, 0.15) is 18.4 Å². The molecule has 5 nitrogen and oxygen atoms in total. The molecule has 122 valence electrons. The Labute approximate surface area is 136 Å². The second kappa shape index (κ2) is 5.27. The van der Waals surface area contributed by atoms with Crippen LogP contribution in [0.25, 0.3) is 10.9 Å². The van der Waals surface area contributed by atoms with Gasteiger partial charge in [-0.1, -0.05) is 0 Å². The molecule has 1 saturated carbocycles. The first kappa shape index (κ1) is 14.6. The van der Waals surface area contributed by atoms with E-state index in [0.29, 0.717) is 5.91 Å². The predicted octanol–water partition coefficient (Wildman–Crippen LogP) is 1.98. The molecule has 1 N–H and O–H groups in total. The first-order valence-corrected chi connectivity index (χ1v) is 8.27. The highest BCUT2D eigenvalue weighted by molar-refractivity contribution is 5.98. The molecule has 1 aromatic heterocycles. The number of carbonyl (C=O) groups is 1. The number of piperazine rings is 1. The van der Waals surface area contributed by atoms with Crippen LogP contribution in [0.4, 0.5) is 0 Å². The Hall–Kier alpha value is -2.01. The quantitative estimate of drug-likeness (QED) is 0.942. The Balaban J connectivity index is 1.68. The molecule has 2 aliphatic rings. The van der Waals surface area contributed by atoms with Crippen LogP contribution in [0.5, 0.6) is 5.75 Å². The zero-order valence-corrected chi connectivity index (χ0v) is 13.8. The van der Waals surface area contributed by atoms with Gasteiger partial charge in [0.05, 0.1) is 12.5 Å². The van der Waals surface area contributed by atoms with E-state index in [1.165, 1.54) is 0 Å². The maximum atomic E-state index is 13.1. The molecule has 1 aliphatic carbocycles. The number of nitrogens with zero attached hydrogens (tertiary/aromatic N) is 2. The van der Waals surface area contributed by atoms with Crippen LogP contribution in [0.3, 0.4) is 0 Å². The first-order chi connectivity index (χ1) is 11.1. The number of nitrogens with one attached hydrogen (secondary N) is 1. The molecular weight excluding hydrogens is 290 g/mol. The number of H-pyrrole nitrogens is 1. The van der Waals surface area contributed by atoms with Gasteiger partial charge in [0.15, 0.2) is 0 Å². The molecule has 4 rings (SSSR count). The number of ether oxygens (including phenoxy) is 1. The minimum atomic E-state index is -0.319. The fourth-order valence-electron chi connectivity index (χ4n) is 3.66. The van der Waals surface area contributed by atoms with E-state index in [1.807, 2.05) is 29.3 Å². The average molecular weight is 313 g/mol. The third-order valence-electron chi connectivity index (χ3n) is 5.35. The molecule has 23 heavy (non-hydrogen) atoms. The van der Waals surface area contributed by atoms with E-state index >= 15 is 0 Å². The summed E-state index contributed by atoms with van der Waals surface area (Å²) in [5, 5.41) is 1.12. The van der Waals surface area contributed by atoms with Crippen molar-refractivity contribution in [2.45, 2.75) is 18.3 Å². The maximum Gasteiger partial charge on any atom is 0.233 e. The van der Waals surface area contributed by atoms with Gasteiger partial charge in [0.25, 0.3) is 0 Å². The lowest BCUT2D eigenvalue weighted by atomic mass is 9.93. The Morgan fingerprint density at radius 3 is 2.61 bits per heavy atom. The number of methoxy groups -OCH3 is 1. The van der Waals surface area contributed by atoms with E-state index in [1.54, 1.807) is 7.11 Å². The molecule has 1 aliphatic heterocycles. The van der Waals surface area contributed by atoms with E-state index in [4.69, 9.17) is 4.74 Å². The number of likely N-dealkylation sites (N-methyl/N-ethyl adjacent to an activating group) is 1. The van der Waals surface area contributed by atoms with Crippen molar-refractivity contribution in [2.75, 3.05) is 40.3 Å². The number of hydrogen-bond acceptors (Lipinski definition) is 3. The van der Waals surface area contributed by atoms with Crippen LogP contribution in [0.2, 0.25) is 0 Å². The minimum Gasteiger partial charge on any atom is -0.497 e. The highest BCUT2D eigenvalue weighted by Crippen LogP contribution is 2.52. The predicted molar refractivity (Wildman–Crippen MR) is 89.8 cm³/mol. The second-order valence-electron chi connectivity index (χ2n) is 6.79. The summed E-state index contributed by atoms with van der Waals surface area (Å²) < 4.78 is 5.35. The zero-order chi connectivity index (χ0) is 16.0. The molecular formula is C18H23N3O2. The van der Waals surface area contributed by atoms with Crippen molar-refractivity contribution in [2.24, 2.45) is 0 Å². The number of benzene rings is 1. The van der Waals surface area contributed by atoms with Gasteiger partial charge in [-0.25, -0.2) is 0 Å². The van der Waals surface area contributed by atoms with Gasteiger partial charge in [-0.05, 0) is 43.7 Å². The van der Waals surface area contributed by atoms with Crippen LogP contribution < -0.4 is 4.74 Å². The van der Waals surface area contributed by atoms with E-state index < -0.39 is 0 Å². The van der Waals surface area contributed by atoms with Crippen molar-refractivity contribution < 1.29 is 9.53 Å². The topological polar surface area (TPSA) is 48.6 Å². The van der Waals surface area contributed by atoms with Gasteiger partial charge in [0.1, 0.15) is 5.75 Å². The zero-order valence-electron chi connectivity index (χ0n) is 13.8. The largest absolute Gasteiger partial charge is 0.497 e. The molecule has 0 atom stereocenters. The van der Waals surface area contributed by atoms with Crippen LogP contribution >= 0.6 is 0 Å². The lowest BCUT2D eigenvalue weighted by Gasteiger charge is -2.34. The number of fused-ring (bicyclic) bond motifs is 1. The summed E-state index contributed by atoms with van der Waals surface area (Å²) in [4.78, 5) is 20.8. The Bertz CT molecular complexity index is 740. The van der Waals surface area contributed by atoms with Gasteiger partial charge in [-0.2, -0.15) is 0 Å². The molecule has 0 unspecified atom stereocenters. The van der Waals surface area contributed by atoms with Gasteiger partial charge in [0, 0.05) is 43.3 Å². The van der Waals surface area contributed by atoms with E-state index in [2.05, 4.69) is 16.9 Å².